The van der Waals surface area contributed by atoms with E-state index in [1.165, 1.54) is 12.5 Å². The topological polar surface area (TPSA) is 44.8 Å². The summed E-state index contributed by atoms with van der Waals surface area (Å²) in [6, 6.07) is 3.43. The predicted octanol–water partition coefficient (Wildman–Crippen LogP) is 7.55. The minimum atomic E-state index is -4.76. The number of fused-ring (bicyclic) bond motifs is 1. The lowest BCUT2D eigenvalue weighted by molar-refractivity contribution is -0.275. The predicted molar refractivity (Wildman–Crippen MR) is 127 cm³/mol. The van der Waals surface area contributed by atoms with Crippen molar-refractivity contribution in [1.82, 2.24) is 0 Å². The molecule has 1 aromatic rings. The number of rotatable bonds is 7. The average Bonchev–Trinajstić information content (AvgIpc) is 2.84. The van der Waals surface area contributed by atoms with Crippen molar-refractivity contribution in [2.45, 2.75) is 116 Å². The van der Waals surface area contributed by atoms with Crippen molar-refractivity contribution in [3.8, 4) is 11.5 Å². The van der Waals surface area contributed by atoms with Crippen LogP contribution in [0.2, 0.25) is 0 Å². The minimum Gasteiger partial charge on any atom is -0.486 e. The van der Waals surface area contributed by atoms with Crippen molar-refractivity contribution < 1.29 is 32.2 Å². The molecule has 1 atom stereocenters. The highest BCUT2D eigenvalue weighted by atomic mass is 19.4. The zero-order valence-corrected chi connectivity index (χ0v) is 21.0. The lowest BCUT2D eigenvalue weighted by Crippen LogP contribution is -2.36. The molecule has 2 aliphatic carbocycles. The van der Waals surface area contributed by atoms with Gasteiger partial charge in [0.15, 0.2) is 11.5 Å². The molecule has 4 rings (SSSR count). The van der Waals surface area contributed by atoms with Gasteiger partial charge in [-0.1, -0.05) is 32.8 Å². The fraction of sp³-hybridized carbons (Fsp3) is 0.750. The summed E-state index contributed by atoms with van der Waals surface area (Å²) in [5, 5.41) is 0. The summed E-state index contributed by atoms with van der Waals surface area (Å²) in [5.41, 5.74) is 1.64. The number of hydrogen-bond donors (Lipinski definition) is 0. The summed E-state index contributed by atoms with van der Waals surface area (Å²) in [7, 11) is 0. The maximum atomic E-state index is 13.1. The molecule has 1 heterocycles. The monoisotopic (exact) mass is 496 g/mol. The van der Waals surface area contributed by atoms with Crippen LogP contribution in [0.1, 0.15) is 95.6 Å². The van der Waals surface area contributed by atoms with Crippen LogP contribution in [0, 0.1) is 17.8 Å². The van der Waals surface area contributed by atoms with E-state index in [1.54, 1.807) is 0 Å². The van der Waals surface area contributed by atoms with E-state index in [4.69, 9.17) is 9.47 Å². The quantitative estimate of drug-likeness (QED) is 0.366. The van der Waals surface area contributed by atoms with Gasteiger partial charge in [-0.05, 0) is 99.7 Å². The Hall–Kier alpha value is -1.92. The number of halogens is 3. The van der Waals surface area contributed by atoms with Gasteiger partial charge in [-0.25, -0.2) is 0 Å². The van der Waals surface area contributed by atoms with Gasteiger partial charge < -0.3 is 14.2 Å². The van der Waals surface area contributed by atoms with E-state index >= 15 is 0 Å². The van der Waals surface area contributed by atoms with Gasteiger partial charge in [0.25, 0.3) is 0 Å². The van der Waals surface area contributed by atoms with Crippen LogP contribution in [0.5, 0.6) is 11.5 Å². The summed E-state index contributed by atoms with van der Waals surface area (Å²) in [5.74, 6) is 0.859. The molecule has 0 bridgehead atoms. The first-order chi connectivity index (χ1) is 16.8. The molecule has 1 unspecified atom stereocenters. The summed E-state index contributed by atoms with van der Waals surface area (Å²) < 4.78 is 55.6. The first kappa shape index (κ1) is 26.2. The Kier molecular flexibility index (Phi) is 8.54. The highest BCUT2D eigenvalue weighted by Gasteiger charge is 2.38. The van der Waals surface area contributed by atoms with Gasteiger partial charge in [-0.15, -0.1) is 13.2 Å². The molecule has 1 aromatic carbocycles. The maximum Gasteiger partial charge on any atom is 0.573 e. The van der Waals surface area contributed by atoms with Crippen molar-refractivity contribution in [2.24, 2.45) is 17.8 Å². The molecule has 35 heavy (non-hydrogen) atoms. The molecular weight excluding hydrogens is 457 g/mol. The number of alkyl halides is 3. The largest absolute Gasteiger partial charge is 0.573 e. The normalized spacial score (nSPS) is 29.1. The van der Waals surface area contributed by atoms with E-state index in [-0.39, 0.29) is 41.5 Å². The summed E-state index contributed by atoms with van der Waals surface area (Å²) in [4.78, 5) is 12.8. The van der Waals surface area contributed by atoms with Crippen molar-refractivity contribution in [3.05, 3.63) is 23.3 Å². The van der Waals surface area contributed by atoms with E-state index in [0.717, 1.165) is 81.3 Å². The van der Waals surface area contributed by atoms with Crippen molar-refractivity contribution in [3.63, 3.8) is 0 Å². The van der Waals surface area contributed by atoms with Crippen LogP contribution in [0.15, 0.2) is 12.1 Å². The van der Waals surface area contributed by atoms with E-state index < -0.39 is 6.36 Å². The second-order valence-electron chi connectivity index (χ2n) is 10.7. The van der Waals surface area contributed by atoms with Crippen molar-refractivity contribution >= 4 is 5.97 Å². The van der Waals surface area contributed by atoms with Gasteiger partial charge in [0.2, 0.25) is 0 Å². The average molecular weight is 497 g/mol. The summed E-state index contributed by atoms with van der Waals surface area (Å²) >= 11 is 0. The summed E-state index contributed by atoms with van der Waals surface area (Å²) in [6.45, 7) is 4.22. The molecule has 2 fully saturated rings. The smallest absolute Gasteiger partial charge is 0.486 e. The van der Waals surface area contributed by atoms with E-state index in [2.05, 4.69) is 11.7 Å². The second-order valence-corrected chi connectivity index (χ2v) is 10.7. The molecule has 0 aromatic heterocycles. The lowest BCUT2D eigenvalue weighted by Gasteiger charge is -2.37. The number of carbonyl (C=O) groups is 1. The second kappa shape index (κ2) is 11.4. The molecule has 3 aliphatic rings. The van der Waals surface area contributed by atoms with E-state index in [9.17, 15) is 18.0 Å². The van der Waals surface area contributed by atoms with Crippen LogP contribution < -0.4 is 9.47 Å². The molecule has 0 spiro atoms. The molecular formula is C28H39F3O4. The Labute approximate surface area is 206 Å². The Bertz CT molecular complexity index is 852. The Morgan fingerprint density at radius 3 is 2.34 bits per heavy atom. The molecule has 4 nitrogen and oxygen atoms in total. The molecule has 0 saturated heterocycles. The molecule has 1 aliphatic heterocycles. The Morgan fingerprint density at radius 2 is 1.71 bits per heavy atom. The van der Waals surface area contributed by atoms with E-state index in [0.29, 0.717) is 12.8 Å². The molecule has 7 heteroatoms. The molecule has 196 valence electrons. The highest BCUT2D eigenvalue weighted by molar-refractivity contribution is 5.72. The zero-order valence-electron chi connectivity index (χ0n) is 21.0. The number of ether oxygens (including phenoxy) is 3. The third-order valence-corrected chi connectivity index (χ3v) is 8.21. The van der Waals surface area contributed by atoms with Gasteiger partial charge in [0.1, 0.15) is 12.2 Å². The standard InChI is InChI=1S/C28H39F3O4/c1-3-5-19-16-22-12-15-24(34-26(22)25(17-19)35-28(29,30)31)20-8-10-21(11-9-20)27(32)33-23-13-6-18(4-2)7-14-23/h16-18,20-21,23-24H,3-15H2,1-2H3. The minimum absolute atomic E-state index is 0.0610. The first-order valence-electron chi connectivity index (χ1n) is 13.5. The number of aryl methyl sites for hydroxylation is 2. The van der Waals surface area contributed by atoms with Crippen LogP contribution in [0.3, 0.4) is 0 Å². The summed E-state index contributed by atoms with van der Waals surface area (Å²) in [6.07, 6.45) is 6.71. The third kappa shape index (κ3) is 6.85. The van der Waals surface area contributed by atoms with Crippen LogP contribution in [-0.4, -0.2) is 24.5 Å². The van der Waals surface area contributed by atoms with Gasteiger partial charge in [0, 0.05) is 0 Å². The fourth-order valence-electron chi connectivity index (χ4n) is 6.16. The highest BCUT2D eigenvalue weighted by Crippen LogP contribution is 2.44. The number of carbonyl (C=O) groups excluding carboxylic acids is 1. The van der Waals surface area contributed by atoms with Gasteiger partial charge in [0.05, 0.1) is 5.92 Å². The van der Waals surface area contributed by atoms with Crippen molar-refractivity contribution in [1.29, 1.82) is 0 Å². The van der Waals surface area contributed by atoms with Crippen LogP contribution in [0.25, 0.3) is 0 Å². The van der Waals surface area contributed by atoms with Crippen LogP contribution in [0.4, 0.5) is 13.2 Å². The van der Waals surface area contributed by atoms with Gasteiger partial charge in [-0.2, -0.15) is 0 Å². The molecule has 0 amide bonds. The van der Waals surface area contributed by atoms with E-state index in [1.807, 2.05) is 13.0 Å². The fourth-order valence-corrected chi connectivity index (χ4v) is 6.16. The first-order valence-corrected chi connectivity index (χ1v) is 13.5. The molecule has 0 N–H and O–H groups in total. The Balaban J connectivity index is 1.33. The lowest BCUT2D eigenvalue weighted by atomic mass is 9.77. The zero-order chi connectivity index (χ0) is 25.0. The van der Waals surface area contributed by atoms with Crippen LogP contribution in [-0.2, 0) is 22.4 Å². The SMILES string of the molecule is CCCc1cc2c(c(OC(F)(F)F)c1)OC(C1CCC(C(=O)OC3CCC(CC)CC3)CC1)CC2. The Morgan fingerprint density at radius 1 is 1.00 bits per heavy atom. The number of esters is 1. The maximum absolute atomic E-state index is 13.1. The van der Waals surface area contributed by atoms with Crippen molar-refractivity contribution in [2.75, 3.05) is 0 Å². The number of hydrogen-bond acceptors (Lipinski definition) is 4. The molecule has 2 saturated carbocycles. The molecule has 0 radical (unpaired) electrons. The van der Waals surface area contributed by atoms with Gasteiger partial charge >= 0.3 is 12.3 Å². The van der Waals surface area contributed by atoms with Gasteiger partial charge in [-0.3, -0.25) is 4.79 Å². The van der Waals surface area contributed by atoms with Crippen LogP contribution >= 0.6 is 0 Å². The third-order valence-electron chi connectivity index (χ3n) is 8.21. The number of benzene rings is 1.